The lowest BCUT2D eigenvalue weighted by Gasteiger charge is -2.20. The first kappa shape index (κ1) is 18.5. The van der Waals surface area contributed by atoms with E-state index in [0.717, 1.165) is 59.7 Å². The molecule has 0 saturated carbocycles. The lowest BCUT2D eigenvalue weighted by atomic mass is 10.2. The molecule has 1 aliphatic heterocycles. The fourth-order valence-corrected chi connectivity index (χ4v) is 4.18. The van der Waals surface area contributed by atoms with Gasteiger partial charge in [-0.1, -0.05) is 0 Å². The lowest BCUT2D eigenvalue weighted by molar-refractivity contribution is -0.117. The molecule has 3 aromatic rings. The van der Waals surface area contributed by atoms with Crippen LogP contribution in [0.25, 0.3) is 11.4 Å². The Balaban J connectivity index is 1.53. The maximum absolute atomic E-state index is 12.3. The van der Waals surface area contributed by atoms with Crippen molar-refractivity contribution >= 4 is 23.1 Å². The highest BCUT2D eigenvalue weighted by atomic mass is 16.5. The Morgan fingerprint density at radius 3 is 2.80 bits per heavy atom. The second-order valence-corrected chi connectivity index (χ2v) is 7.58. The van der Waals surface area contributed by atoms with Gasteiger partial charge in [-0.3, -0.25) is 9.78 Å². The highest BCUT2D eigenvalue weighted by molar-refractivity contribution is 5.97. The first-order chi connectivity index (χ1) is 14.7. The number of hydrogen-bond acceptors (Lipinski definition) is 6. The fraction of sp³-hybridized carbons (Fsp3) is 0.304. The summed E-state index contributed by atoms with van der Waals surface area (Å²) in [5.74, 6) is 2.32. The largest absolute Gasteiger partial charge is 0.495 e. The van der Waals surface area contributed by atoms with Gasteiger partial charge >= 0.3 is 0 Å². The molecule has 0 unspecified atom stereocenters. The van der Waals surface area contributed by atoms with Crippen LogP contribution in [-0.4, -0.2) is 34.5 Å². The topological polar surface area (TPSA) is 80.2 Å². The second-order valence-electron chi connectivity index (χ2n) is 7.58. The van der Waals surface area contributed by atoms with E-state index in [1.165, 1.54) is 0 Å². The number of ether oxygens (including phenoxy) is 1. The monoisotopic (exact) mass is 401 g/mol. The number of carbonyl (C=O) groups is 1. The van der Waals surface area contributed by atoms with E-state index in [9.17, 15) is 4.79 Å². The Kier molecular flexibility index (Phi) is 4.78. The van der Waals surface area contributed by atoms with E-state index in [1.807, 2.05) is 30.3 Å². The summed E-state index contributed by atoms with van der Waals surface area (Å²) in [6.07, 6.45) is 7.96. The maximum atomic E-state index is 12.3. The highest BCUT2D eigenvalue weighted by Gasteiger charge is 2.25. The van der Waals surface area contributed by atoms with E-state index < -0.39 is 0 Å². The minimum atomic E-state index is 0.132. The van der Waals surface area contributed by atoms with E-state index in [4.69, 9.17) is 14.7 Å². The first-order valence-corrected chi connectivity index (χ1v) is 10.3. The van der Waals surface area contributed by atoms with Gasteiger partial charge in [-0.05, 0) is 56.0 Å². The predicted molar refractivity (Wildman–Crippen MR) is 115 cm³/mol. The molecule has 2 aliphatic rings. The van der Waals surface area contributed by atoms with E-state index in [-0.39, 0.29) is 5.91 Å². The first-order valence-electron chi connectivity index (χ1n) is 10.3. The number of methoxy groups -OCH3 is 1. The molecule has 1 aromatic carbocycles. The summed E-state index contributed by atoms with van der Waals surface area (Å²) in [5, 5.41) is 3.48. The van der Waals surface area contributed by atoms with Crippen LogP contribution in [0.15, 0.2) is 42.7 Å². The zero-order valence-electron chi connectivity index (χ0n) is 16.9. The van der Waals surface area contributed by atoms with E-state index in [1.54, 1.807) is 24.4 Å². The van der Waals surface area contributed by atoms with Crippen molar-refractivity contribution in [3.05, 3.63) is 54.0 Å². The molecule has 2 aromatic heterocycles. The van der Waals surface area contributed by atoms with Crippen molar-refractivity contribution in [3.63, 3.8) is 0 Å². The highest BCUT2D eigenvalue weighted by Crippen LogP contribution is 2.36. The fourth-order valence-electron chi connectivity index (χ4n) is 4.18. The van der Waals surface area contributed by atoms with Gasteiger partial charge in [0.15, 0.2) is 5.82 Å². The number of pyridine rings is 1. The van der Waals surface area contributed by atoms with Crippen molar-refractivity contribution in [1.82, 2.24) is 15.0 Å². The molecule has 1 saturated heterocycles. The van der Waals surface area contributed by atoms with Crippen molar-refractivity contribution in [3.8, 4) is 17.1 Å². The summed E-state index contributed by atoms with van der Waals surface area (Å²) in [7, 11) is 1.63. The number of anilines is 3. The van der Waals surface area contributed by atoms with E-state index >= 15 is 0 Å². The van der Waals surface area contributed by atoms with Crippen LogP contribution in [0.4, 0.5) is 17.2 Å². The molecule has 1 amide bonds. The van der Waals surface area contributed by atoms with Crippen LogP contribution in [0.3, 0.4) is 0 Å². The summed E-state index contributed by atoms with van der Waals surface area (Å²) in [5.41, 5.74) is 4.82. The molecule has 152 valence electrons. The maximum Gasteiger partial charge on any atom is 0.227 e. The predicted octanol–water partition coefficient (Wildman–Crippen LogP) is 3.91. The molecular formula is C23H23N5O2. The van der Waals surface area contributed by atoms with Crippen molar-refractivity contribution in [2.75, 3.05) is 23.9 Å². The van der Waals surface area contributed by atoms with Crippen LogP contribution in [0.2, 0.25) is 0 Å². The van der Waals surface area contributed by atoms with Crippen LogP contribution in [0.5, 0.6) is 5.75 Å². The van der Waals surface area contributed by atoms with Crippen LogP contribution < -0.4 is 15.0 Å². The van der Waals surface area contributed by atoms with Gasteiger partial charge < -0.3 is 15.0 Å². The molecule has 0 spiro atoms. The SMILES string of the molecule is COc1ccc(Nc2nc(-c3cccnc3)nc3c2CCC3)cc1N1CCCC1=O. The number of hydrogen-bond donors (Lipinski definition) is 1. The molecule has 3 heterocycles. The van der Waals surface area contributed by atoms with Crippen molar-refractivity contribution in [2.24, 2.45) is 0 Å². The molecule has 1 N–H and O–H groups in total. The third-order valence-corrected chi connectivity index (χ3v) is 5.66. The lowest BCUT2D eigenvalue weighted by Crippen LogP contribution is -2.24. The van der Waals surface area contributed by atoms with Gasteiger partial charge in [0.25, 0.3) is 0 Å². The van der Waals surface area contributed by atoms with Gasteiger partial charge in [-0.15, -0.1) is 0 Å². The summed E-state index contributed by atoms with van der Waals surface area (Å²) < 4.78 is 5.51. The van der Waals surface area contributed by atoms with Gasteiger partial charge in [0.05, 0.1) is 12.8 Å². The smallest absolute Gasteiger partial charge is 0.227 e. The minimum Gasteiger partial charge on any atom is -0.495 e. The number of nitrogens with zero attached hydrogens (tertiary/aromatic N) is 4. The Labute approximate surface area is 175 Å². The molecule has 0 radical (unpaired) electrons. The number of aryl methyl sites for hydroxylation is 1. The third kappa shape index (κ3) is 3.36. The van der Waals surface area contributed by atoms with Crippen LogP contribution in [-0.2, 0) is 17.6 Å². The molecule has 30 heavy (non-hydrogen) atoms. The van der Waals surface area contributed by atoms with Crippen LogP contribution in [0.1, 0.15) is 30.5 Å². The molecule has 7 heteroatoms. The second kappa shape index (κ2) is 7.74. The summed E-state index contributed by atoms with van der Waals surface area (Å²) in [6.45, 7) is 0.715. The van der Waals surface area contributed by atoms with Crippen molar-refractivity contribution in [2.45, 2.75) is 32.1 Å². The summed E-state index contributed by atoms with van der Waals surface area (Å²) in [4.78, 5) is 27.9. The summed E-state index contributed by atoms with van der Waals surface area (Å²) >= 11 is 0. The number of rotatable bonds is 5. The van der Waals surface area contributed by atoms with Gasteiger partial charge in [-0.2, -0.15) is 0 Å². The van der Waals surface area contributed by atoms with Crippen LogP contribution in [0, 0.1) is 0 Å². The average molecular weight is 401 g/mol. The molecule has 1 fully saturated rings. The Morgan fingerprint density at radius 1 is 1.10 bits per heavy atom. The molecule has 1 aliphatic carbocycles. The molecule has 7 nitrogen and oxygen atoms in total. The van der Waals surface area contributed by atoms with Gasteiger partial charge in [0, 0.05) is 47.9 Å². The quantitative estimate of drug-likeness (QED) is 0.698. The molecule has 5 rings (SSSR count). The summed E-state index contributed by atoms with van der Waals surface area (Å²) in [6, 6.07) is 9.68. The van der Waals surface area contributed by atoms with Gasteiger partial charge in [0.2, 0.25) is 5.91 Å². The Bertz CT molecular complexity index is 1100. The molecular weight excluding hydrogens is 378 g/mol. The zero-order valence-corrected chi connectivity index (χ0v) is 16.9. The normalized spacial score (nSPS) is 15.4. The Hall–Kier alpha value is -3.48. The number of amides is 1. The number of nitrogens with one attached hydrogen (secondary N) is 1. The van der Waals surface area contributed by atoms with E-state index in [0.29, 0.717) is 24.5 Å². The Morgan fingerprint density at radius 2 is 2.03 bits per heavy atom. The number of aromatic nitrogens is 3. The van der Waals surface area contributed by atoms with E-state index in [2.05, 4.69) is 10.3 Å². The van der Waals surface area contributed by atoms with Gasteiger partial charge in [-0.25, -0.2) is 9.97 Å². The molecule has 0 atom stereocenters. The van der Waals surface area contributed by atoms with Crippen LogP contribution >= 0.6 is 0 Å². The number of carbonyl (C=O) groups excluding carboxylic acids is 1. The third-order valence-electron chi connectivity index (χ3n) is 5.66. The van der Waals surface area contributed by atoms with Crippen molar-refractivity contribution < 1.29 is 9.53 Å². The zero-order chi connectivity index (χ0) is 20.5. The number of fused-ring (bicyclic) bond motifs is 1. The number of benzene rings is 1. The minimum absolute atomic E-state index is 0.132. The average Bonchev–Trinajstić information content (AvgIpc) is 3.43. The standard InChI is InChI=1S/C23H23N5O2/c1-30-20-10-9-16(13-19(20)28-12-4-8-21(28)29)25-23-17-6-2-7-18(17)26-22(27-23)15-5-3-11-24-14-15/h3,5,9-11,13-14H,2,4,6-8,12H2,1H3,(H,25,26,27). The molecule has 0 bridgehead atoms. The van der Waals surface area contributed by atoms with Crippen molar-refractivity contribution in [1.29, 1.82) is 0 Å². The van der Waals surface area contributed by atoms with Gasteiger partial charge in [0.1, 0.15) is 11.6 Å².